The molecule has 8 heteroatoms. The van der Waals surface area contributed by atoms with E-state index in [-0.39, 0.29) is 17.6 Å². The molecule has 1 atom stereocenters. The van der Waals surface area contributed by atoms with E-state index in [4.69, 9.17) is 4.42 Å². The molecule has 2 heterocycles. The van der Waals surface area contributed by atoms with Crippen LogP contribution in [-0.4, -0.2) is 20.6 Å². The smallest absolute Gasteiger partial charge is 0.312 e. The van der Waals surface area contributed by atoms with Gasteiger partial charge in [0.1, 0.15) is 17.1 Å². The minimum absolute atomic E-state index is 0.0397. The van der Waals surface area contributed by atoms with E-state index < -0.39 is 4.92 Å². The molecule has 0 aliphatic rings. The lowest BCUT2D eigenvalue weighted by molar-refractivity contribution is -0.386. The molecular weight excluding hydrogens is 348 g/mol. The number of nitro groups is 1. The second-order valence-corrected chi connectivity index (χ2v) is 6.34. The second-order valence-electron chi connectivity index (χ2n) is 6.34. The third-order valence-electron chi connectivity index (χ3n) is 4.39. The van der Waals surface area contributed by atoms with Crippen molar-refractivity contribution in [3.8, 4) is 0 Å². The van der Waals surface area contributed by atoms with Gasteiger partial charge in [-0.05, 0) is 50.6 Å². The van der Waals surface area contributed by atoms with Crippen LogP contribution in [0.15, 0.2) is 47.1 Å². The summed E-state index contributed by atoms with van der Waals surface area (Å²) in [4.78, 5) is 23.0. The quantitative estimate of drug-likeness (QED) is 0.529. The number of hydrogen-bond donors (Lipinski definition) is 1. The SMILES string of the molecule is Cc1nn(Cc2ccc(C(=O)N[C@@H](C)c3ccco3)cc2)c(C)c1[N+](=O)[O-]. The van der Waals surface area contributed by atoms with Crippen LogP contribution in [0.2, 0.25) is 0 Å². The Morgan fingerprint density at radius 1 is 1.30 bits per heavy atom. The summed E-state index contributed by atoms with van der Waals surface area (Å²) in [7, 11) is 0. The average Bonchev–Trinajstić information content (AvgIpc) is 3.24. The van der Waals surface area contributed by atoms with E-state index in [0.717, 1.165) is 5.56 Å². The number of furan rings is 1. The summed E-state index contributed by atoms with van der Waals surface area (Å²) < 4.78 is 6.88. The predicted molar refractivity (Wildman–Crippen MR) is 98.5 cm³/mol. The van der Waals surface area contributed by atoms with Gasteiger partial charge in [0, 0.05) is 5.56 Å². The van der Waals surface area contributed by atoms with E-state index in [1.807, 2.05) is 25.1 Å². The maximum Gasteiger partial charge on any atom is 0.312 e. The van der Waals surface area contributed by atoms with Gasteiger partial charge in [0.2, 0.25) is 0 Å². The first-order valence-corrected chi connectivity index (χ1v) is 8.48. The maximum absolute atomic E-state index is 12.4. The van der Waals surface area contributed by atoms with Crippen molar-refractivity contribution in [2.45, 2.75) is 33.4 Å². The molecule has 0 bridgehead atoms. The number of nitrogens with one attached hydrogen (secondary N) is 1. The molecule has 0 saturated carbocycles. The lowest BCUT2D eigenvalue weighted by Crippen LogP contribution is -2.26. The Kier molecular flexibility index (Phi) is 5.07. The molecule has 3 rings (SSSR count). The van der Waals surface area contributed by atoms with Gasteiger partial charge in [-0.15, -0.1) is 0 Å². The van der Waals surface area contributed by atoms with Crippen LogP contribution in [-0.2, 0) is 6.54 Å². The third-order valence-corrected chi connectivity index (χ3v) is 4.39. The molecule has 2 aromatic heterocycles. The molecule has 0 fully saturated rings. The summed E-state index contributed by atoms with van der Waals surface area (Å²) in [5.41, 5.74) is 2.35. The molecule has 0 aliphatic heterocycles. The van der Waals surface area contributed by atoms with Crippen LogP contribution in [0.25, 0.3) is 0 Å². The van der Waals surface area contributed by atoms with Crippen LogP contribution in [0.3, 0.4) is 0 Å². The number of nitrogens with zero attached hydrogens (tertiary/aromatic N) is 3. The molecule has 8 nitrogen and oxygen atoms in total. The van der Waals surface area contributed by atoms with Crippen molar-refractivity contribution in [1.82, 2.24) is 15.1 Å². The first kappa shape index (κ1) is 18.4. The fourth-order valence-corrected chi connectivity index (χ4v) is 2.93. The Bertz CT molecular complexity index is 959. The molecule has 0 aliphatic carbocycles. The molecular formula is C19H20N4O4. The van der Waals surface area contributed by atoms with Crippen LogP contribution in [0.1, 0.15) is 46.0 Å². The standard InChI is InChI=1S/C19H20N4O4/c1-12(17-5-4-10-27-17)20-19(24)16-8-6-15(7-9-16)11-22-14(3)18(23(25)26)13(2)21-22/h4-10,12H,11H2,1-3H3,(H,20,24)/t12-/m0/s1. The van der Waals surface area contributed by atoms with E-state index in [1.165, 1.54) is 0 Å². The number of amides is 1. The topological polar surface area (TPSA) is 103 Å². The summed E-state index contributed by atoms with van der Waals surface area (Å²) in [5.74, 6) is 0.485. The largest absolute Gasteiger partial charge is 0.467 e. The van der Waals surface area contributed by atoms with Crippen molar-refractivity contribution in [2.75, 3.05) is 0 Å². The fraction of sp³-hybridized carbons (Fsp3) is 0.263. The van der Waals surface area contributed by atoms with Gasteiger partial charge in [-0.3, -0.25) is 19.6 Å². The van der Waals surface area contributed by atoms with Crippen molar-refractivity contribution in [1.29, 1.82) is 0 Å². The molecule has 0 radical (unpaired) electrons. The highest BCUT2D eigenvalue weighted by atomic mass is 16.6. The molecule has 1 amide bonds. The van der Waals surface area contributed by atoms with E-state index in [0.29, 0.717) is 29.3 Å². The van der Waals surface area contributed by atoms with Crippen LogP contribution >= 0.6 is 0 Å². The van der Waals surface area contributed by atoms with Gasteiger partial charge in [-0.2, -0.15) is 5.10 Å². The number of aryl methyl sites for hydroxylation is 1. The number of carbonyl (C=O) groups is 1. The number of rotatable bonds is 6. The van der Waals surface area contributed by atoms with Gasteiger partial charge in [0.15, 0.2) is 0 Å². The first-order valence-electron chi connectivity index (χ1n) is 8.48. The number of benzene rings is 1. The van der Waals surface area contributed by atoms with Crippen LogP contribution in [0.4, 0.5) is 5.69 Å². The summed E-state index contributed by atoms with van der Waals surface area (Å²) >= 11 is 0. The van der Waals surface area contributed by atoms with Gasteiger partial charge in [0.25, 0.3) is 5.91 Å². The van der Waals surface area contributed by atoms with Crippen LogP contribution in [0, 0.1) is 24.0 Å². The van der Waals surface area contributed by atoms with E-state index in [1.54, 1.807) is 43.0 Å². The summed E-state index contributed by atoms with van der Waals surface area (Å²) in [6.07, 6.45) is 1.57. The van der Waals surface area contributed by atoms with Crippen molar-refractivity contribution >= 4 is 11.6 Å². The highest BCUT2D eigenvalue weighted by Crippen LogP contribution is 2.22. The molecule has 27 heavy (non-hydrogen) atoms. The Balaban J connectivity index is 1.69. The zero-order valence-electron chi connectivity index (χ0n) is 15.3. The molecule has 3 aromatic rings. The Labute approximate surface area is 156 Å². The summed E-state index contributed by atoms with van der Waals surface area (Å²) in [6.45, 7) is 5.54. The van der Waals surface area contributed by atoms with Crippen molar-refractivity contribution in [3.63, 3.8) is 0 Å². The highest BCUT2D eigenvalue weighted by molar-refractivity contribution is 5.94. The monoisotopic (exact) mass is 368 g/mol. The number of carbonyl (C=O) groups excluding carboxylic acids is 1. The summed E-state index contributed by atoms with van der Waals surface area (Å²) in [6, 6.07) is 10.4. The highest BCUT2D eigenvalue weighted by Gasteiger charge is 2.21. The van der Waals surface area contributed by atoms with E-state index in [9.17, 15) is 14.9 Å². The van der Waals surface area contributed by atoms with Gasteiger partial charge < -0.3 is 9.73 Å². The van der Waals surface area contributed by atoms with Crippen LogP contribution in [0.5, 0.6) is 0 Å². The summed E-state index contributed by atoms with van der Waals surface area (Å²) in [5, 5.41) is 18.2. The second kappa shape index (κ2) is 7.45. The number of hydrogen-bond acceptors (Lipinski definition) is 5. The van der Waals surface area contributed by atoms with Crippen molar-refractivity contribution < 1.29 is 14.1 Å². The van der Waals surface area contributed by atoms with Crippen LogP contribution < -0.4 is 5.32 Å². The van der Waals surface area contributed by atoms with Crippen molar-refractivity contribution in [2.24, 2.45) is 0 Å². The van der Waals surface area contributed by atoms with Gasteiger partial charge in [0.05, 0.1) is 23.8 Å². The number of aromatic nitrogens is 2. The Hall–Kier alpha value is -3.42. The van der Waals surface area contributed by atoms with Gasteiger partial charge in [-0.1, -0.05) is 12.1 Å². The average molecular weight is 368 g/mol. The molecule has 1 aromatic carbocycles. The van der Waals surface area contributed by atoms with E-state index >= 15 is 0 Å². The van der Waals surface area contributed by atoms with Gasteiger partial charge >= 0.3 is 5.69 Å². The molecule has 0 unspecified atom stereocenters. The minimum atomic E-state index is -0.415. The Morgan fingerprint density at radius 2 is 2.00 bits per heavy atom. The molecule has 1 N–H and O–H groups in total. The lowest BCUT2D eigenvalue weighted by atomic mass is 10.1. The zero-order valence-corrected chi connectivity index (χ0v) is 15.3. The normalized spacial score (nSPS) is 12.0. The van der Waals surface area contributed by atoms with Gasteiger partial charge in [-0.25, -0.2) is 0 Å². The maximum atomic E-state index is 12.4. The molecule has 0 spiro atoms. The zero-order chi connectivity index (χ0) is 19.6. The first-order chi connectivity index (χ1) is 12.9. The Morgan fingerprint density at radius 3 is 2.56 bits per heavy atom. The predicted octanol–water partition coefficient (Wildman–Crippen LogP) is 3.54. The fourth-order valence-electron chi connectivity index (χ4n) is 2.93. The molecule has 0 saturated heterocycles. The molecule has 140 valence electrons. The van der Waals surface area contributed by atoms with E-state index in [2.05, 4.69) is 10.4 Å². The lowest BCUT2D eigenvalue weighted by Gasteiger charge is -2.12. The minimum Gasteiger partial charge on any atom is -0.467 e. The van der Waals surface area contributed by atoms with Crippen molar-refractivity contribution in [3.05, 3.63) is 81.1 Å². The third kappa shape index (κ3) is 3.89.